The van der Waals surface area contributed by atoms with E-state index in [0.717, 1.165) is 51.4 Å². The van der Waals surface area contributed by atoms with Crippen LogP contribution < -0.4 is 0 Å². The third kappa shape index (κ3) is 9.11. The van der Waals surface area contributed by atoms with E-state index < -0.39 is 5.97 Å². The fraction of sp³-hybridized carbons (Fsp3) is 0.842. The Balaban J connectivity index is 1.94. The maximum absolute atomic E-state index is 10.7. The number of carboxylic acids is 1. The Bertz CT molecular complexity index is 353. The molecule has 0 aromatic rings. The first-order valence-corrected chi connectivity index (χ1v) is 9.29. The number of hydrogen-bond acceptors (Lipinski definition) is 3. The molecular formula is C19H34O4. The molecule has 23 heavy (non-hydrogen) atoms. The molecule has 0 radical (unpaired) electrons. The van der Waals surface area contributed by atoms with E-state index in [-0.39, 0.29) is 24.2 Å². The molecule has 1 aliphatic rings. The molecule has 4 nitrogen and oxygen atoms in total. The maximum atomic E-state index is 10.7. The van der Waals surface area contributed by atoms with Crippen LogP contribution >= 0.6 is 0 Å². The van der Waals surface area contributed by atoms with Crippen molar-refractivity contribution in [2.24, 2.45) is 5.92 Å². The molecule has 1 saturated heterocycles. The second-order valence-electron chi connectivity index (χ2n) is 6.79. The molecular weight excluding hydrogens is 292 g/mol. The summed E-state index contributed by atoms with van der Waals surface area (Å²) >= 11 is 0. The summed E-state index contributed by atoms with van der Waals surface area (Å²) in [6.45, 7) is 3.94. The predicted molar refractivity (Wildman–Crippen MR) is 92.5 cm³/mol. The fourth-order valence-electron chi connectivity index (χ4n) is 2.79. The molecule has 0 aromatic heterocycles. The average Bonchev–Trinajstić information content (AvgIpc) is 3.29. The van der Waals surface area contributed by atoms with Crippen molar-refractivity contribution in [3.8, 4) is 0 Å². The molecule has 1 heterocycles. The zero-order chi connectivity index (χ0) is 17.1. The van der Waals surface area contributed by atoms with Gasteiger partial charge in [0.05, 0.1) is 12.0 Å². The van der Waals surface area contributed by atoms with Gasteiger partial charge in [0.2, 0.25) is 0 Å². The molecule has 1 rings (SSSR count). The number of rotatable bonds is 14. The van der Waals surface area contributed by atoms with Crippen LogP contribution in [0.3, 0.4) is 0 Å². The first kappa shape index (κ1) is 20.2. The Hall–Kier alpha value is -0.870. The van der Waals surface area contributed by atoms with Crippen LogP contribution in [0.2, 0.25) is 0 Å². The number of aliphatic hydroxyl groups excluding tert-OH is 1. The molecule has 4 atom stereocenters. The van der Waals surface area contributed by atoms with Crippen LogP contribution in [0.4, 0.5) is 0 Å². The van der Waals surface area contributed by atoms with E-state index >= 15 is 0 Å². The monoisotopic (exact) mass is 326 g/mol. The summed E-state index contributed by atoms with van der Waals surface area (Å²) in [5.41, 5.74) is 0. The average molecular weight is 326 g/mol. The first-order valence-electron chi connectivity index (χ1n) is 9.29. The van der Waals surface area contributed by atoms with E-state index in [2.05, 4.69) is 19.1 Å². The SMILES string of the molecule is CCCCC[C@H](O)[C@@H]1O[C@H]1C=CCCCCCCC(C)C(=O)O. The van der Waals surface area contributed by atoms with E-state index in [1.165, 1.54) is 12.8 Å². The normalized spacial score (nSPS) is 23.1. The summed E-state index contributed by atoms with van der Waals surface area (Å²) in [6.07, 6.45) is 14.5. The van der Waals surface area contributed by atoms with Crippen molar-refractivity contribution < 1.29 is 19.7 Å². The molecule has 0 aliphatic carbocycles. The number of epoxide rings is 1. The first-order chi connectivity index (χ1) is 11.1. The topological polar surface area (TPSA) is 70.1 Å². The van der Waals surface area contributed by atoms with Gasteiger partial charge in [0.1, 0.15) is 12.2 Å². The minimum atomic E-state index is -0.691. The number of allylic oxidation sites excluding steroid dienone is 1. The van der Waals surface area contributed by atoms with E-state index in [0.29, 0.717) is 0 Å². The largest absolute Gasteiger partial charge is 0.481 e. The highest BCUT2D eigenvalue weighted by Gasteiger charge is 2.41. The zero-order valence-electron chi connectivity index (χ0n) is 14.7. The van der Waals surface area contributed by atoms with Crippen LogP contribution in [0.5, 0.6) is 0 Å². The number of unbranched alkanes of at least 4 members (excludes halogenated alkanes) is 6. The van der Waals surface area contributed by atoms with Gasteiger partial charge in [-0.05, 0) is 25.7 Å². The smallest absolute Gasteiger partial charge is 0.306 e. The molecule has 4 heteroatoms. The molecule has 1 unspecified atom stereocenters. The fourth-order valence-corrected chi connectivity index (χ4v) is 2.79. The summed E-state index contributed by atoms with van der Waals surface area (Å²) in [5, 5.41) is 18.8. The molecule has 134 valence electrons. The predicted octanol–water partition coefficient (Wildman–Crippen LogP) is 4.31. The van der Waals surface area contributed by atoms with Gasteiger partial charge in [0.15, 0.2) is 0 Å². The molecule has 0 aromatic carbocycles. The number of aliphatic carboxylic acids is 1. The second-order valence-corrected chi connectivity index (χ2v) is 6.79. The number of ether oxygens (including phenoxy) is 1. The molecule has 0 amide bonds. The third-order valence-electron chi connectivity index (χ3n) is 4.55. The van der Waals surface area contributed by atoms with Crippen molar-refractivity contribution in [2.45, 2.75) is 96.4 Å². The molecule has 2 N–H and O–H groups in total. The van der Waals surface area contributed by atoms with Crippen molar-refractivity contribution in [3.63, 3.8) is 0 Å². The Labute approximate surface area is 140 Å². The van der Waals surface area contributed by atoms with Crippen LogP contribution in [-0.2, 0) is 9.53 Å². The summed E-state index contributed by atoms with van der Waals surface area (Å²) in [7, 11) is 0. The van der Waals surface area contributed by atoms with Gasteiger partial charge in [0, 0.05) is 0 Å². The second kappa shape index (κ2) is 11.6. The van der Waals surface area contributed by atoms with Gasteiger partial charge in [0.25, 0.3) is 0 Å². The van der Waals surface area contributed by atoms with Crippen molar-refractivity contribution in [1.29, 1.82) is 0 Å². The van der Waals surface area contributed by atoms with Crippen molar-refractivity contribution in [2.75, 3.05) is 0 Å². The van der Waals surface area contributed by atoms with Gasteiger partial charge in [-0.25, -0.2) is 0 Å². The highest BCUT2D eigenvalue weighted by Crippen LogP contribution is 2.29. The van der Waals surface area contributed by atoms with Gasteiger partial charge in [-0.3, -0.25) is 4.79 Å². The lowest BCUT2D eigenvalue weighted by molar-refractivity contribution is -0.141. The third-order valence-corrected chi connectivity index (χ3v) is 4.55. The van der Waals surface area contributed by atoms with Crippen LogP contribution in [0.15, 0.2) is 12.2 Å². The van der Waals surface area contributed by atoms with Gasteiger partial charge < -0.3 is 14.9 Å². The standard InChI is InChI=1S/C19H34O4/c1-3-4-9-13-16(20)18-17(23-18)14-11-8-6-5-7-10-12-15(2)19(21)22/h11,14-18,20H,3-10,12-13H2,1-2H3,(H,21,22)/t15?,16-,17-,18-/m0/s1. The summed E-state index contributed by atoms with van der Waals surface area (Å²) in [5.74, 6) is -0.911. The number of carboxylic acid groups (broad SMARTS) is 1. The van der Waals surface area contributed by atoms with E-state index in [9.17, 15) is 9.90 Å². The molecule has 0 bridgehead atoms. The summed E-state index contributed by atoms with van der Waals surface area (Å²) in [6, 6.07) is 0. The van der Waals surface area contributed by atoms with Gasteiger partial charge in [-0.15, -0.1) is 0 Å². The summed E-state index contributed by atoms with van der Waals surface area (Å²) in [4.78, 5) is 10.7. The molecule has 1 aliphatic heterocycles. The Morgan fingerprint density at radius 2 is 1.83 bits per heavy atom. The van der Waals surface area contributed by atoms with Gasteiger partial charge >= 0.3 is 5.97 Å². The quantitative estimate of drug-likeness (QED) is 0.283. The Morgan fingerprint density at radius 3 is 2.52 bits per heavy atom. The molecule has 0 saturated carbocycles. The minimum absolute atomic E-state index is 0.0145. The minimum Gasteiger partial charge on any atom is -0.481 e. The number of hydrogen-bond donors (Lipinski definition) is 2. The van der Waals surface area contributed by atoms with E-state index in [4.69, 9.17) is 9.84 Å². The molecule has 0 spiro atoms. The lowest BCUT2D eigenvalue weighted by atomic mass is 10.0. The van der Waals surface area contributed by atoms with Crippen molar-refractivity contribution in [3.05, 3.63) is 12.2 Å². The van der Waals surface area contributed by atoms with E-state index in [1.807, 2.05) is 0 Å². The van der Waals surface area contributed by atoms with Crippen molar-refractivity contribution >= 4 is 5.97 Å². The van der Waals surface area contributed by atoms with Crippen LogP contribution in [0, 0.1) is 5.92 Å². The van der Waals surface area contributed by atoms with Gasteiger partial charge in [-0.2, -0.15) is 0 Å². The lowest BCUT2D eigenvalue weighted by Crippen LogP contribution is -2.16. The van der Waals surface area contributed by atoms with Crippen LogP contribution in [-0.4, -0.2) is 34.5 Å². The summed E-state index contributed by atoms with van der Waals surface area (Å²) < 4.78 is 5.51. The van der Waals surface area contributed by atoms with Crippen molar-refractivity contribution in [1.82, 2.24) is 0 Å². The number of aliphatic hydroxyl groups is 1. The Kier molecular flexibility index (Phi) is 10.2. The highest BCUT2D eigenvalue weighted by molar-refractivity contribution is 5.69. The number of carbonyl (C=O) groups is 1. The molecule has 1 fully saturated rings. The maximum Gasteiger partial charge on any atom is 0.306 e. The van der Waals surface area contributed by atoms with Gasteiger partial charge in [-0.1, -0.05) is 64.5 Å². The van der Waals surface area contributed by atoms with E-state index in [1.54, 1.807) is 6.92 Å². The highest BCUT2D eigenvalue weighted by atomic mass is 16.6. The lowest BCUT2D eigenvalue weighted by Gasteiger charge is -2.05. The van der Waals surface area contributed by atoms with Crippen LogP contribution in [0.25, 0.3) is 0 Å². The zero-order valence-corrected chi connectivity index (χ0v) is 14.7. The van der Waals surface area contributed by atoms with Crippen LogP contribution in [0.1, 0.15) is 78.1 Å². The Morgan fingerprint density at radius 1 is 1.13 bits per heavy atom.